The van der Waals surface area contributed by atoms with Crippen LogP contribution in [0.25, 0.3) is 0 Å². The van der Waals surface area contributed by atoms with Crippen molar-refractivity contribution in [3.63, 3.8) is 0 Å². The van der Waals surface area contributed by atoms with Crippen molar-refractivity contribution in [2.45, 2.75) is 174 Å². The molecule has 2 atom stereocenters. The van der Waals surface area contributed by atoms with Crippen molar-refractivity contribution in [1.82, 2.24) is 0 Å². The smallest absolute Gasteiger partial charge is 0.306 e. The van der Waals surface area contributed by atoms with Crippen LogP contribution in [0, 0.1) is 0 Å². The number of nitrogens with zero attached hydrogens (tertiary/aromatic N) is 1. The summed E-state index contributed by atoms with van der Waals surface area (Å²) in [5.74, 6) is -0.834. The molecule has 0 aromatic rings. The Morgan fingerprint density at radius 2 is 0.978 bits per heavy atom. The zero-order valence-electron chi connectivity index (χ0n) is 30.5. The molecule has 0 N–H and O–H groups in total. The average Bonchev–Trinajstić information content (AvgIpc) is 2.99. The van der Waals surface area contributed by atoms with Gasteiger partial charge in [-0.25, -0.2) is 0 Å². The van der Waals surface area contributed by atoms with Crippen LogP contribution in [0.4, 0.5) is 0 Å². The molecule has 0 aliphatic carbocycles. The van der Waals surface area contributed by atoms with Crippen LogP contribution < -0.4 is 4.89 Å². The molecule has 0 amide bonds. The van der Waals surface area contributed by atoms with Gasteiger partial charge in [0.15, 0.2) is 6.10 Å². The van der Waals surface area contributed by atoms with E-state index in [0.717, 1.165) is 32.1 Å². The summed E-state index contributed by atoms with van der Waals surface area (Å²) >= 11 is 0. The summed E-state index contributed by atoms with van der Waals surface area (Å²) in [6, 6.07) is 0. The molecule has 0 radical (unpaired) electrons. The Labute approximate surface area is 283 Å². The van der Waals surface area contributed by atoms with Crippen LogP contribution in [-0.4, -0.2) is 70.0 Å². The minimum atomic E-state index is -4.60. The third-order valence-electron chi connectivity index (χ3n) is 8.13. The van der Waals surface area contributed by atoms with Gasteiger partial charge in [0.2, 0.25) is 0 Å². The molecule has 274 valence electrons. The minimum Gasteiger partial charge on any atom is -0.756 e. The van der Waals surface area contributed by atoms with Crippen LogP contribution in [0.15, 0.2) is 0 Å². The minimum absolute atomic E-state index is 0.0264. The number of hydrogen-bond donors (Lipinski definition) is 0. The van der Waals surface area contributed by atoms with Crippen molar-refractivity contribution in [3.05, 3.63) is 0 Å². The van der Waals surface area contributed by atoms with Crippen LogP contribution in [-0.2, 0) is 32.7 Å². The number of ether oxygens (including phenoxy) is 2. The molecule has 0 heterocycles. The number of esters is 2. The Morgan fingerprint density at radius 1 is 0.587 bits per heavy atom. The quantitative estimate of drug-likeness (QED) is 0.0287. The van der Waals surface area contributed by atoms with E-state index in [2.05, 4.69) is 13.8 Å². The maximum absolute atomic E-state index is 12.6. The van der Waals surface area contributed by atoms with E-state index >= 15 is 0 Å². The van der Waals surface area contributed by atoms with Gasteiger partial charge in [-0.05, 0) is 12.8 Å². The Morgan fingerprint density at radius 3 is 1.39 bits per heavy atom. The lowest BCUT2D eigenvalue weighted by molar-refractivity contribution is -0.870. The van der Waals surface area contributed by atoms with Crippen LogP contribution in [0.3, 0.4) is 0 Å². The first-order chi connectivity index (χ1) is 22.0. The van der Waals surface area contributed by atoms with Crippen LogP contribution in [0.2, 0.25) is 0 Å². The Hall–Kier alpha value is -0.990. The largest absolute Gasteiger partial charge is 0.756 e. The second-order valence-electron chi connectivity index (χ2n) is 14.0. The van der Waals surface area contributed by atoms with Crippen molar-refractivity contribution >= 4 is 19.8 Å². The number of carbonyl (C=O) groups is 2. The summed E-state index contributed by atoms with van der Waals surface area (Å²) < 4.78 is 33.6. The highest BCUT2D eigenvalue weighted by atomic mass is 31.2. The van der Waals surface area contributed by atoms with Crippen LogP contribution >= 0.6 is 7.82 Å². The lowest BCUT2D eigenvalue weighted by Crippen LogP contribution is -2.37. The zero-order chi connectivity index (χ0) is 34.4. The lowest BCUT2D eigenvalue weighted by Gasteiger charge is -2.28. The molecule has 9 nitrogen and oxygen atoms in total. The summed E-state index contributed by atoms with van der Waals surface area (Å²) in [7, 11) is 1.17. The monoisotopic (exact) mass is 677 g/mol. The SMILES string of the molecule is CCCCCCCCCCCCCCCCCC(=O)OC(COC(=O)CCCCCCCCC)COP(=O)([O-])OCC[N+](C)(C)C. The molecule has 46 heavy (non-hydrogen) atoms. The molecular weight excluding hydrogens is 605 g/mol. The molecule has 0 saturated carbocycles. The van der Waals surface area contributed by atoms with Gasteiger partial charge in [0.05, 0.1) is 27.7 Å². The van der Waals surface area contributed by atoms with Gasteiger partial charge >= 0.3 is 11.9 Å². The van der Waals surface area contributed by atoms with Crippen molar-refractivity contribution in [3.8, 4) is 0 Å². The molecule has 0 bridgehead atoms. The number of carbonyl (C=O) groups excluding carboxylic acids is 2. The number of hydrogen-bond acceptors (Lipinski definition) is 8. The fourth-order valence-corrected chi connectivity index (χ4v) is 5.85. The predicted molar refractivity (Wildman–Crippen MR) is 185 cm³/mol. The highest BCUT2D eigenvalue weighted by Gasteiger charge is 2.21. The highest BCUT2D eigenvalue weighted by molar-refractivity contribution is 7.45. The lowest BCUT2D eigenvalue weighted by atomic mass is 10.0. The number of phosphoric ester groups is 1. The van der Waals surface area contributed by atoms with E-state index in [1.165, 1.54) is 103 Å². The first-order valence-corrected chi connectivity index (χ1v) is 20.2. The summed E-state index contributed by atoms with van der Waals surface area (Å²) in [4.78, 5) is 37.1. The molecule has 10 heteroatoms. The summed E-state index contributed by atoms with van der Waals surface area (Å²) in [5, 5.41) is 0. The van der Waals surface area contributed by atoms with E-state index in [1.54, 1.807) is 0 Å². The van der Waals surface area contributed by atoms with E-state index in [9.17, 15) is 19.0 Å². The number of rotatable bonds is 34. The van der Waals surface area contributed by atoms with E-state index in [0.29, 0.717) is 17.4 Å². The van der Waals surface area contributed by atoms with Gasteiger partial charge in [-0.15, -0.1) is 0 Å². The molecule has 0 fully saturated rings. The van der Waals surface area contributed by atoms with Crippen molar-refractivity contribution in [2.75, 3.05) is 47.5 Å². The third-order valence-corrected chi connectivity index (χ3v) is 9.09. The topological polar surface area (TPSA) is 111 Å². The molecular formula is C36H72NO8P. The normalized spacial score (nSPS) is 13.8. The maximum atomic E-state index is 12.6. The van der Waals surface area contributed by atoms with Gasteiger partial charge in [-0.3, -0.25) is 14.2 Å². The Balaban J connectivity index is 4.35. The van der Waals surface area contributed by atoms with Gasteiger partial charge in [0.1, 0.15) is 19.8 Å². The van der Waals surface area contributed by atoms with Gasteiger partial charge in [-0.2, -0.15) is 0 Å². The molecule has 0 aromatic carbocycles. The Kier molecular flexibility index (Phi) is 29.4. The van der Waals surface area contributed by atoms with Gasteiger partial charge in [-0.1, -0.05) is 142 Å². The first-order valence-electron chi connectivity index (χ1n) is 18.7. The van der Waals surface area contributed by atoms with Crippen LogP contribution in [0.1, 0.15) is 168 Å². The molecule has 0 aliphatic rings. The standard InChI is InChI=1S/C36H72NO8P/c1-6-8-10-12-14-15-16-17-18-19-20-21-23-25-27-29-36(39)45-34(33-44-46(40,41)43-31-30-37(3,4)5)32-42-35(38)28-26-24-22-13-11-9-7-2/h34H,6-33H2,1-5H3. The maximum Gasteiger partial charge on any atom is 0.306 e. The first kappa shape index (κ1) is 45.0. The molecule has 2 unspecified atom stereocenters. The predicted octanol–water partition coefficient (Wildman–Crippen LogP) is 9.05. The Bertz CT molecular complexity index is 774. The molecule has 0 rings (SSSR count). The van der Waals surface area contributed by atoms with Crippen molar-refractivity contribution in [1.29, 1.82) is 0 Å². The zero-order valence-corrected chi connectivity index (χ0v) is 31.4. The molecule has 0 saturated heterocycles. The fourth-order valence-electron chi connectivity index (χ4n) is 5.12. The number of unbranched alkanes of at least 4 members (excludes halogenated alkanes) is 20. The molecule has 0 spiro atoms. The van der Waals surface area contributed by atoms with Crippen LogP contribution in [0.5, 0.6) is 0 Å². The van der Waals surface area contributed by atoms with Gasteiger partial charge in [0, 0.05) is 12.8 Å². The van der Waals surface area contributed by atoms with E-state index in [-0.39, 0.29) is 32.0 Å². The van der Waals surface area contributed by atoms with E-state index in [1.807, 2.05) is 21.1 Å². The molecule has 0 aromatic heterocycles. The van der Waals surface area contributed by atoms with Gasteiger partial charge < -0.3 is 27.9 Å². The summed E-state index contributed by atoms with van der Waals surface area (Å²) in [6.45, 7) is 4.18. The second-order valence-corrected chi connectivity index (χ2v) is 15.4. The third kappa shape index (κ3) is 32.9. The average molecular weight is 678 g/mol. The van der Waals surface area contributed by atoms with E-state index < -0.39 is 26.5 Å². The summed E-state index contributed by atoms with van der Waals surface area (Å²) in [6.07, 6.45) is 25.7. The number of quaternary nitrogens is 1. The molecule has 0 aliphatic heterocycles. The van der Waals surface area contributed by atoms with Gasteiger partial charge in [0.25, 0.3) is 7.82 Å². The van der Waals surface area contributed by atoms with Crippen molar-refractivity contribution in [2.24, 2.45) is 0 Å². The second kappa shape index (κ2) is 30.1. The van der Waals surface area contributed by atoms with E-state index in [4.69, 9.17) is 18.5 Å². The van der Waals surface area contributed by atoms with Crippen molar-refractivity contribution < 1.29 is 42.1 Å². The summed E-state index contributed by atoms with van der Waals surface area (Å²) in [5.41, 5.74) is 0. The fraction of sp³-hybridized carbons (Fsp3) is 0.944. The number of phosphoric acid groups is 1. The number of likely N-dealkylation sites (N-methyl/N-ethyl adjacent to an activating group) is 1. The highest BCUT2D eigenvalue weighted by Crippen LogP contribution is 2.38.